The van der Waals surface area contributed by atoms with E-state index in [4.69, 9.17) is 10.8 Å². The van der Waals surface area contributed by atoms with E-state index in [0.717, 1.165) is 0 Å². The molecule has 2 unspecified atom stereocenters. The SMILES string of the molecule is NC(=O)NC(=O)CN1CC(O)CC1C(=O)O. The Balaban J connectivity index is 2.55. The van der Waals surface area contributed by atoms with Crippen LogP contribution in [0.3, 0.4) is 0 Å². The Morgan fingerprint density at radius 1 is 1.44 bits per heavy atom. The highest BCUT2D eigenvalue weighted by molar-refractivity contribution is 5.94. The first-order chi connectivity index (χ1) is 7.40. The van der Waals surface area contributed by atoms with E-state index in [-0.39, 0.29) is 19.5 Å². The van der Waals surface area contributed by atoms with Crippen molar-refractivity contribution < 1.29 is 24.6 Å². The van der Waals surface area contributed by atoms with E-state index in [1.807, 2.05) is 5.32 Å². The molecule has 16 heavy (non-hydrogen) atoms. The second-order valence-corrected chi connectivity index (χ2v) is 3.59. The highest BCUT2D eigenvalue weighted by Crippen LogP contribution is 2.17. The van der Waals surface area contributed by atoms with E-state index < -0.39 is 30.1 Å². The van der Waals surface area contributed by atoms with Gasteiger partial charge >= 0.3 is 12.0 Å². The van der Waals surface area contributed by atoms with Gasteiger partial charge in [0, 0.05) is 13.0 Å². The number of rotatable bonds is 3. The third kappa shape index (κ3) is 3.17. The van der Waals surface area contributed by atoms with Gasteiger partial charge in [-0.3, -0.25) is 19.8 Å². The lowest BCUT2D eigenvalue weighted by Crippen LogP contribution is -2.45. The van der Waals surface area contributed by atoms with Gasteiger partial charge in [-0.2, -0.15) is 0 Å². The van der Waals surface area contributed by atoms with Crippen molar-refractivity contribution in [1.82, 2.24) is 10.2 Å². The summed E-state index contributed by atoms with van der Waals surface area (Å²) in [5.74, 6) is -1.80. The van der Waals surface area contributed by atoms with Crippen molar-refractivity contribution in [3.05, 3.63) is 0 Å². The molecule has 90 valence electrons. The zero-order valence-corrected chi connectivity index (χ0v) is 8.42. The van der Waals surface area contributed by atoms with Crippen molar-refractivity contribution in [2.45, 2.75) is 18.6 Å². The van der Waals surface area contributed by atoms with Crippen molar-refractivity contribution in [1.29, 1.82) is 0 Å². The summed E-state index contributed by atoms with van der Waals surface area (Å²) in [6, 6.07) is -1.90. The van der Waals surface area contributed by atoms with Crippen LogP contribution in [0.4, 0.5) is 4.79 Å². The summed E-state index contributed by atoms with van der Waals surface area (Å²) in [7, 11) is 0. The number of β-amino-alcohol motifs (C(OH)–C–C–N with tert-alkyl or cyclic N) is 1. The number of carboxylic acid groups (broad SMARTS) is 1. The summed E-state index contributed by atoms with van der Waals surface area (Å²) >= 11 is 0. The van der Waals surface area contributed by atoms with Crippen LogP contribution in [0.1, 0.15) is 6.42 Å². The standard InChI is InChI=1S/C8H13N3O5/c9-8(16)10-6(13)3-11-2-4(12)1-5(11)7(14)15/h4-5,12H,1-3H2,(H,14,15)(H3,9,10,13,16). The van der Waals surface area contributed by atoms with Crippen molar-refractivity contribution in [2.75, 3.05) is 13.1 Å². The van der Waals surface area contributed by atoms with E-state index in [0.29, 0.717) is 0 Å². The number of amides is 3. The second-order valence-electron chi connectivity index (χ2n) is 3.59. The second kappa shape index (κ2) is 4.90. The van der Waals surface area contributed by atoms with Gasteiger partial charge in [0.1, 0.15) is 6.04 Å². The normalized spacial score (nSPS) is 25.3. The van der Waals surface area contributed by atoms with Gasteiger partial charge in [-0.25, -0.2) is 4.79 Å². The lowest BCUT2D eigenvalue weighted by Gasteiger charge is -2.19. The van der Waals surface area contributed by atoms with Crippen LogP contribution in [0.25, 0.3) is 0 Å². The molecule has 0 aromatic carbocycles. The van der Waals surface area contributed by atoms with Crippen LogP contribution in [0, 0.1) is 0 Å². The molecule has 8 nitrogen and oxygen atoms in total. The number of nitrogens with two attached hydrogens (primary N) is 1. The molecule has 1 rings (SSSR count). The minimum absolute atomic E-state index is 0.0686. The molecule has 2 atom stereocenters. The van der Waals surface area contributed by atoms with Crippen molar-refractivity contribution in [3.63, 3.8) is 0 Å². The summed E-state index contributed by atoms with van der Waals surface area (Å²) in [4.78, 5) is 33.6. The number of imide groups is 1. The van der Waals surface area contributed by atoms with Crippen molar-refractivity contribution >= 4 is 17.9 Å². The summed E-state index contributed by atoms with van der Waals surface area (Å²) in [6.07, 6.45) is -0.707. The number of urea groups is 1. The number of nitrogens with zero attached hydrogens (tertiary/aromatic N) is 1. The van der Waals surface area contributed by atoms with Gasteiger partial charge in [0.15, 0.2) is 0 Å². The number of aliphatic hydroxyl groups is 1. The zero-order valence-electron chi connectivity index (χ0n) is 8.42. The number of carbonyl (C=O) groups is 3. The Kier molecular flexibility index (Phi) is 3.80. The minimum atomic E-state index is -1.11. The first-order valence-electron chi connectivity index (χ1n) is 4.64. The number of hydrogen-bond acceptors (Lipinski definition) is 5. The number of nitrogens with one attached hydrogen (secondary N) is 1. The van der Waals surface area contributed by atoms with Crippen molar-refractivity contribution in [3.8, 4) is 0 Å². The molecule has 3 amide bonds. The van der Waals surface area contributed by atoms with E-state index >= 15 is 0 Å². The molecule has 0 bridgehead atoms. The summed E-state index contributed by atoms with van der Waals surface area (Å²) in [5, 5.41) is 19.9. The van der Waals surface area contributed by atoms with Gasteiger partial charge in [-0.05, 0) is 0 Å². The van der Waals surface area contributed by atoms with E-state index in [9.17, 15) is 19.5 Å². The quantitative estimate of drug-likeness (QED) is 0.431. The molecule has 5 N–H and O–H groups in total. The molecule has 0 saturated carbocycles. The van der Waals surface area contributed by atoms with Crippen molar-refractivity contribution in [2.24, 2.45) is 5.73 Å². The Labute approximate surface area is 91.0 Å². The smallest absolute Gasteiger partial charge is 0.321 e. The summed E-state index contributed by atoms with van der Waals surface area (Å²) < 4.78 is 0. The van der Waals surface area contributed by atoms with Crippen LogP contribution < -0.4 is 11.1 Å². The molecule has 0 aromatic heterocycles. The monoisotopic (exact) mass is 231 g/mol. The Morgan fingerprint density at radius 2 is 2.06 bits per heavy atom. The van der Waals surface area contributed by atoms with Crippen LogP contribution in [0.15, 0.2) is 0 Å². The molecule has 0 aliphatic carbocycles. The Bertz CT molecular complexity index is 319. The van der Waals surface area contributed by atoms with Crippen LogP contribution in [-0.2, 0) is 9.59 Å². The van der Waals surface area contributed by atoms with Crippen LogP contribution >= 0.6 is 0 Å². The molecule has 0 spiro atoms. The fraction of sp³-hybridized carbons (Fsp3) is 0.625. The molecule has 1 aliphatic rings. The average Bonchev–Trinajstić information content (AvgIpc) is 2.44. The first-order valence-corrected chi connectivity index (χ1v) is 4.64. The van der Waals surface area contributed by atoms with Gasteiger partial charge in [0.25, 0.3) is 0 Å². The van der Waals surface area contributed by atoms with Crippen LogP contribution in [0.2, 0.25) is 0 Å². The third-order valence-electron chi connectivity index (χ3n) is 2.28. The fourth-order valence-electron chi connectivity index (χ4n) is 1.67. The minimum Gasteiger partial charge on any atom is -0.480 e. The number of likely N-dealkylation sites (tertiary alicyclic amines) is 1. The molecule has 1 heterocycles. The maximum atomic E-state index is 11.2. The first kappa shape index (κ1) is 12.4. The van der Waals surface area contributed by atoms with Gasteiger partial charge < -0.3 is 15.9 Å². The topological polar surface area (TPSA) is 133 Å². The van der Waals surface area contributed by atoms with Gasteiger partial charge in [-0.1, -0.05) is 0 Å². The summed E-state index contributed by atoms with van der Waals surface area (Å²) in [6.45, 7) is -0.194. The molecule has 0 aromatic rings. The maximum absolute atomic E-state index is 11.2. The number of carboxylic acids is 1. The number of aliphatic hydroxyl groups excluding tert-OH is 1. The molecular weight excluding hydrogens is 218 g/mol. The number of carbonyl (C=O) groups excluding carboxylic acids is 2. The molecule has 1 fully saturated rings. The number of hydrogen-bond donors (Lipinski definition) is 4. The lowest BCUT2D eigenvalue weighted by atomic mass is 10.2. The number of aliphatic carboxylic acids is 1. The largest absolute Gasteiger partial charge is 0.480 e. The third-order valence-corrected chi connectivity index (χ3v) is 2.28. The van der Waals surface area contributed by atoms with Gasteiger partial charge in [-0.15, -0.1) is 0 Å². The highest BCUT2D eigenvalue weighted by Gasteiger charge is 2.36. The van der Waals surface area contributed by atoms with Gasteiger partial charge in [0.05, 0.1) is 12.6 Å². The molecule has 8 heteroatoms. The summed E-state index contributed by atoms with van der Waals surface area (Å²) in [5.41, 5.74) is 4.73. The number of primary amides is 1. The van der Waals surface area contributed by atoms with Crippen LogP contribution in [0.5, 0.6) is 0 Å². The molecule has 1 aliphatic heterocycles. The average molecular weight is 231 g/mol. The molecular formula is C8H13N3O5. The van der Waals surface area contributed by atoms with E-state index in [1.165, 1.54) is 4.90 Å². The maximum Gasteiger partial charge on any atom is 0.321 e. The highest BCUT2D eigenvalue weighted by atomic mass is 16.4. The zero-order chi connectivity index (χ0) is 12.3. The predicted octanol–water partition coefficient (Wildman–Crippen LogP) is -2.30. The van der Waals surface area contributed by atoms with E-state index in [2.05, 4.69) is 0 Å². The lowest BCUT2D eigenvalue weighted by molar-refractivity contribution is -0.142. The molecule has 1 saturated heterocycles. The predicted molar refractivity (Wildman–Crippen MR) is 51.3 cm³/mol. The van der Waals surface area contributed by atoms with E-state index in [1.54, 1.807) is 0 Å². The van der Waals surface area contributed by atoms with Gasteiger partial charge in [0.2, 0.25) is 5.91 Å². The fourth-order valence-corrected chi connectivity index (χ4v) is 1.67. The van der Waals surface area contributed by atoms with Crippen LogP contribution in [-0.4, -0.2) is 58.3 Å². The molecule has 0 radical (unpaired) electrons. The Morgan fingerprint density at radius 3 is 2.56 bits per heavy atom. The Hall–Kier alpha value is -1.67.